The molecule has 0 radical (unpaired) electrons. The van der Waals surface area contributed by atoms with Crippen molar-refractivity contribution in [2.75, 3.05) is 0 Å². The Morgan fingerprint density at radius 3 is 2.63 bits per heavy atom. The van der Waals surface area contributed by atoms with Crippen LogP contribution in [0.25, 0.3) is 0 Å². The number of rotatable bonds is 5. The number of hydrogen-bond acceptors (Lipinski definition) is 3. The van der Waals surface area contributed by atoms with Crippen LogP contribution in [0, 0.1) is 0 Å². The van der Waals surface area contributed by atoms with Crippen LogP contribution in [-0.4, -0.2) is 16.2 Å². The molecule has 4 heteroatoms. The number of benzene rings is 1. The van der Waals surface area contributed by atoms with Gasteiger partial charge in [0.2, 0.25) is 5.88 Å². The first-order valence-corrected chi connectivity index (χ1v) is 6.14. The average molecular weight is 257 g/mol. The van der Waals surface area contributed by atoms with Gasteiger partial charge in [-0.05, 0) is 30.9 Å². The van der Waals surface area contributed by atoms with Crippen LogP contribution in [0.3, 0.4) is 0 Å². The fraction of sp³-hybridized carbons (Fsp3) is 0.200. The van der Waals surface area contributed by atoms with E-state index in [1.54, 1.807) is 6.07 Å². The molecule has 0 atom stereocenters. The maximum absolute atomic E-state index is 10.6. The van der Waals surface area contributed by atoms with Crippen molar-refractivity contribution in [1.82, 2.24) is 4.98 Å². The third-order valence-electron chi connectivity index (χ3n) is 2.79. The van der Waals surface area contributed by atoms with E-state index >= 15 is 0 Å². The van der Waals surface area contributed by atoms with Gasteiger partial charge in [0.15, 0.2) is 0 Å². The Hall–Kier alpha value is -2.36. The summed E-state index contributed by atoms with van der Waals surface area (Å²) in [6, 6.07) is 13.8. The Bertz CT molecular complexity index is 540. The summed E-state index contributed by atoms with van der Waals surface area (Å²) < 4.78 is 4.65. The summed E-state index contributed by atoms with van der Waals surface area (Å²) in [5.74, 6) is 0.183. The third kappa shape index (κ3) is 4.10. The highest BCUT2D eigenvalue weighted by atomic mass is 16.7. The SMILES string of the molecule is O=C(O)Oc1ncccc1CCCc1ccccc1. The number of pyridine rings is 1. The number of carboxylic acid groups (broad SMARTS) is 1. The van der Waals surface area contributed by atoms with Gasteiger partial charge in [-0.3, -0.25) is 0 Å². The van der Waals surface area contributed by atoms with Crippen LogP contribution in [0.15, 0.2) is 48.7 Å². The first-order chi connectivity index (χ1) is 9.25. The molecule has 2 aromatic rings. The molecule has 19 heavy (non-hydrogen) atoms. The van der Waals surface area contributed by atoms with Gasteiger partial charge >= 0.3 is 6.16 Å². The van der Waals surface area contributed by atoms with Crippen LogP contribution in [-0.2, 0) is 12.8 Å². The number of nitrogens with zero attached hydrogens (tertiary/aromatic N) is 1. The third-order valence-corrected chi connectivity index (χ3v) is 2.79. The van der Waals surface area contributed by atoms with Crippen molar-refractivity contribution in [3.8, 4) is 5.88 Å². The number of aromatic nitrogens is 1. The zero-order chi connectivity index (χ0) is 13.5. The highest BCUT2D eigenvalue weighted by molar-refractivity contribution is 5.60. The first-order valence-electron chi connectivity index (χ1n) is 6.14. The van der Waals surface area contributed by atoms with Crippen LogP contribution >= 0.6 is 0 Å². The van der Waals surface area contributed by atoms with Crippen LogP contribution in [0.5, 0.6) is 5.88 Å². The molecule has 1 heterocycles. The molecule has 0 bridgehead atoms. The summed E-state index contributed by atoms with van der Waals surface area (Å²) in [5.41, 5.74) is 2.09. The Morgan fingerprint density at radius 2 is 1.89 bits per heavy atom. The molecule has 0 aliphatic rings. The van der Waals surface area contributed by atoms with Crippen molar-refractivity contribution < 1.29 is 14.6 Å². The predicted molar refractivity (Wildman–Crippen MR) is 71.4 cm³/mol. The summed E-state index contributed by atoms with van der Waals surface area (Å²) in [5, 5.41) is 8.63. The van der Waals surface area contributed by atoms with Gasteiger partial charge < -0.3 is 9.84 Å². The van der Waals surface area contributed by atoms with E-state index in [1.807, 2.05) is 24.3 Å². The first kappa shape index (κ1) is 13.1. The lowest BCUT2D eigenvalue weighted by molar-refractivity contribution is 0.142. The van der Waals surface area contributed by atoms with Crippen molar-refractivity contribution >= 4 is 6.16 Å². The van der Waals surface area contributed by atoms with Crippen molar-refractivity contribution in [2.24, 2.45) is 0 Å². The largest absolute Gasteiger partial charge is 0.512 e. The van der Waals surface area contributed by atoms with Crippen LogP contribution in [0.4, 0.5) is 4.79 Å². The maximum atomic E-state index is 10.6. The number of ether oxygens (including phenoxy) is 1. The van der Waals surface area contributed by atoms with Crippen molar-refractivity contribution in [3.05, 3.63) is 59.8 Å². The Kier molecular flexibility index (Phi) is 4.50. The lowest BCUT2D eigenvalue weighted by Gasteiger charge is -2.06. The Morgan fingerprint density at radius 1 is 1.11 bits per heavy atom. The minimum Gasteiger partial charge on any atom is -0.449 e. The summed E-state index contributed by atoms with van der Waals surface area (Å²) in [4.78, 5) is 14.5. The fourth-order valence-corrected chi connectivity index (χ4v) is 1.92. The quantitative estimate of drug-likeness (QED) is 0.835. The zero-order valence-electron chi connectivity index (χ0n) is 10.5. The lowest BCUT2D eigenvalue weighted by Crippen LogP contribution is -2.07. The van der Waals surface area contributed by atoms with Gasteiger partial charge in [-0.2, -0.15) is 0 Å². The topological polar surface area (TPSA) is 59.4 Å². The smallest absolute Gasteiger partial charge is 0.449 e. The van der Waals surface area contributed by atoms with Crippen LogP contribution in [0.2, 0.25) is 0 Å². The van der Waals surface area contributed by atoms with Gasteiger partial charge in [-0.1, -0.05) is 36.4 Å². The van der Waals surface area contributed by atoms with E-state index in [1.165, 1.54) is 11.8 Å². The van der Waals surface area contributed by atoms with E-state index in [-0.39, 0.29) is 5.88 Å². The molecule has 0 saturated carbocycles. The van der Waals surface area contributed by atoms with Gasteiger partial charge in [-0.15, -0.1) is 0 Å². The van der Waals surface area contributed by atoms with Crippen molar-refractivity contribution in [2.45, 2.75) is 19.3 Å². The molecule has 1 aromatic heterocycles. The molecule has 98 valence electrons. The molecule has 0 aliphatic carbocycles. The minimum atomic E-state index is -1.33. The zero-order valence-corrected chi connectivity index (χ0v) is 10.5. The normalized spacial score (nSPS) is 10.1. The summed E-state index contributed by atoms with van der Waals surface area (Å²) in [6.07, 6.45) is 2.81. The van der Waals surface area contributed by atoms with E-state index in [9.17, 15) is 4.79 Å². The molecule has 2 rings (SSSR count). The highest BCUT2D eigenvalue weighted by Gasteiger charge is 2.08. The molecule has 4 nitrogen and oxygen atoms in total. The number of aryl methyl sites for hydroxylation is 2. The average Bonchev–Trinajstić information content (AvgIpc) is 2.41. The molecule has 1 aromatic carbocycles. The second kappa shape index (κ2) is 6.54. The highest BCUT2D eigenvalue weighted by Crippen LogP contribution is 2.17. The van der Waals surface area contributed by atoms with Crippen LogP contribution in [0.1, 0.15) is 17.5 Å². The Labute approximate surface area is 111 Å². The second-order valence-electron chi connectivity index (χ2n) is 4.17. The second-order valence-corrected chi connectivity index (χ2v) is 4.17. The summed E-state index contributed by atoms with van der Waals surface area (Å²) >= 11 is 0. The van der Waals surface area contributed by atoms with Gasteiger partial charge in [0.25, 0.3) is 0 Å². The number of hydrogen-bond donors (Lipinski definition) is 1. The van der Waals surface area contributed by atoms with E-state index < -0.39 is 6.16 Å². The maximum Gasteiger partial charge on any atom is 0.512 e. The summed E-state index contributed by atoms with van der Waals surface area (Å²) in [6.45, 7) is 0. The Balaban J connectivity index is 1.94. The standard InChI is InChI=1S/C15H15NO3/c17-15(18)19-14-13(10-5-11-16-14)9-4-8-12-6-2-1-3-7-12/h1-3,5-7,10-11H,4,8-9H2,(H,17,18). The van der Waals surface area contributed by atoms with Gasteiger partial charge in [0.1, 0.15) is 0 Å². The van der Waals surface area contributed by atoms with E-state index in [0.29, 0.717) is 0 Å². The van der Waals surface area contributed by atoms with E-state index in [4.69, 9.17) is 5.11 Å². The number of carbonyl (C=O) groups is 1. The van der Waals surface area contributed by atoms with Crippen LogP contribution < -0.4 is 4.74 Å². The molecule has 0 fully saturated rings. The molecular weight excluding hydrogens is 242 g/mol. The predicted octanol–water partition coefficient (Wildman–Crippen LogP) is 3.31. The van der Waals surface area contributed by atoms with Gasteiger partial charge in [-0.25, -0.2) is 9.78 Å². The van der Waals surface area contributed by atoms with Crippen molar-refractivity contribution in [3.63, 3.8) is 0 Å². The molecule has 0 amide bonds. The molecule has 0 spiro atoms. The monoisotopic (exact) mass is 257 g/mol. The molecule has 0 saturated heterocycles. The lowest BCUT2D eigenvalue weighted by atomic mass is 10.1. The van der Waals surface area contributed by atoms with E-state index in [2.05, 4.69) is 21.9 Å². The van der Waals surface area contributed by atoms with Gasteiger partial charge in [0.05, 0.1) is 0 Å². The van der Waals surface area contributed by atoms with E-state index in [0.717, 1.165) is 24.8 Å². The molecule has 1 N–H and O–H groups in total. The van der Waals surface area contributed by atoms with Gasteiger partial charge in [0, 0.05) is 11.8 Å². The molecular formula is C15H15NO3. The fourth-order valence-electron chi connectivity index (χ4n) is 1.92. The minimum absolute atomic E-state index is 0.183. The summed E-state index contributed by atoms with van der Waals surface area (Å²) in [7, 11) is 0. The molecule has 0 unspecified atom stereocenters. The molecule has 0 aliphatic heterocycles. The van der Waals surface area contributed by atoms with Crippen molar-refractivity contribution in [1.29, 1.82) is 0 Å².